The summed E-state index contributed by atoms with van der Waals surface area (Å²) in [6, 6.07) is 10.7. The molecule has 2 aromatic carbocycles. The molecule has 0 aliphatic heterocycles. The zero-order valence-corrected chi connectivity index (χ0v) is 12.5. The lowest BCUT2D eigenvalue weighted by molar-refractivity contribution is -0.136. The maximum Gasteiger partial charge on any atom is 0.307 e. The largest absolute Gasteiger partial charge is 0.481 e. The number of carboxylic acids is 1. The molecule has 6 heteroatoms. The van der Waals surface area contributed by atoms with Crippen molar-refractivity contribution in [1.29, 1.82) is 0 Å². The number of carboxylic acid groups (broad SMARTS) is 1. The fourth-order valence-corrected chi connectivity index (χ4v) is 3.08. The van der Waals surface area contributed by atoms with E-state index in [9.17, 15) is 13.4 Å². The summed E-state index contributed by atoms with van der Waals surface area (Å²) in [6.45, 7) is 0. The molecule has 110 valence electrons. The second-order valence-electron chi connectivity index (χ2n) is 4.44. The molecule has 0 aliphatic rings. The molecule has 0 saturated heterocycles. The molecule has 1 unspecified atom stereocenters. The number of hydrogen-bond acceptors (Lipinski definition) is 2. The van der Waals surface area contributed by atoms with E-state index in [-0.39, 0.29) is 12.2 Å². The van der Waals surface area contributed by atoms with Crippen LogP contribution in [0.3, 0.4) is 0 Å². The van der Waals surface area contributed by atoms with E-state index in [0.29, 0.717) is 21.0 Å². The van der Waals surface area contributed by atoms with Gasteiger partial charge in [0.15, 0.2) is 0 Å². The summed E-state index contributed by atoms with van der Waals surface area (Å²) in [5.41, 5.74) is 0.952. The Bertz CT molecular complexity index is 686. The van der Waals surface area contributed by atoms with Crippen molar-refractivity contribution in [2.24, 2.45) is 0 Å². The first-order chi connectivity index (χ1) is 9.95. The van der Waals surface area contributed by atoms with Gasteiger partial charge in [0.05, 0.1) is 23.0 Å². The molecule has 1 N–H and O–H groups in total. The molecule has 3 nitrogen and oxygen atoms in total. The first-order valence-corrected chi connectivity index (χ1v) is 7.78. The number of rotatable bonds is 5. The van der Waals surface area contributed by atoms with E-state index in [1.807, 2.05) is 0 Å². The van der Waals surface area contributed by atoms with Crippen LogP contribution in [-0.4, -0.2) is 15.3 Å². The maximum atomic E-state index is 13.6. The average molecular weight is 327 g/mol. The highest BCUT2D eigenvalue weighted by atomic mass is 35.5. The number of carbonyl (C=O) groups is 1. The van der Waals surface area contributed by atoms with E-state index in [1.165, 1.54) is 12.1 Å². The minimum absolute atomic E-state index is 0.0429. The van der Waals surface area contributed by atoms with Crippen molar-refractivity contribution in [1.82, 2.24) is 0 Å². The number of aliphatic carboxylic acids is 1. The molecular weight excluding hydrogens is 315 g/mol. The molecular formula is C15H12ClFO3S. The average Bonchev–Trinajstić information content (AvgIpc) is 2.42. The summed E-state index contributed by atoms with van der Waals surface area (Å²) < 4.78 is 25.8. The van der Waals surface area contributed by atoms with E-state index in [2.05, 4.69) is 0 Å². The SMILES string of the molecule is O=C(O)Cc1ccc(S(=O)Cc2ccc(Cl)cc2F)cc1. The number of benzene rings is 2. The van der Waals surface area contributed by atoms with Crippen molar-refractivity contribution >= 4 is 28.4 Å². The molecule has 1 atom stereocenters. The highest BCUT2D eigenvalue weighted by molar-refractivity contribution is 7.84. The van der Waals surface area contributed by atoms with Crippen LogP contribution in [0.15, 0.2) is 47.4 Å². The van der Waals surface area contributed by atoms with E-state index >= 15 is 0 Å². The Morgan fingerprint density at radius 1 is 1.19 bits per heavy atom. The second-order valence-corrected chi connectivity index (χ2v) is 6.33. The maximum absolute atomic E-state index is 13.6. The van der Waals surface area contributed by atoms with E-state index < -0.39 is 22.6 Å². The van der Waals surface area contributed by atoms with Gasteiger partial charge in [-0.1, -0.05) is 29.8 Å². The zero-order chi connectivity index (χ0) is 15.4. The normalized spacial score (nSPS) is 12.1. The minimum atomic E-state index is -1.40. The third-order valence-electron chi connectivity index (χ3n) is 2.84. The molecule has 0 fully saturated rings. The van der Waals surface area contributed by atoms with Gasteiger partial charge in [-0.25, -0.2) is 4.39 Å². The van der Waals surface area contributed by atoms with Crippen LogP contribution in [0.5, 0.6) is 0 Å². The summed E-state index contributed by atoms with van der Waals surface area (Å²) in [6.07, 6.45) is -0.0846. The van der Waals surface area contributed by atoms with Gasteiger partial charge in [0.2, 0.25) is 0 Å². The Balaban J connectivity index is 2.11. The van der Waals surface area contributed by atoms with Gasteiger partial charge in [0.1, 0.15) is 5.82 Å². The van der Waals surface area contributed by atoms with Crippen LogP contribution >= 0.6 is 11.6 Å². The molecule has 0 radical (unpaired) electrons. The van der Waals surface area contributed by atoms with Crippen molar-refractivity contribution in [3.8, 4) is 0 Å². The number of halogens is 2. The van der Waals surface area contributed by atoms with Crippen molar-refractivity contribution < 1.29 is 18.5 Å². The van der Waals surface area contributed by atoms with Gasteiger partial charge in [0, 0.05) is 15.5 Å². The molecule has 0 aliphatic carbocycles. The lowest BCUT2D eigenvalue weighted by Crippen LogP contribution is -2.02. The fourth-order valence-electron chi connectivity index (χ4n) is 1.80. The van der Waals surface area contributed by atoms with E-state index in [1.54, 1.807) is 30.3 Å². The van der Waals surface area contributed by atoms with Crippen LogP contribution in [0, 0.1) is 5.82 Å². The standard InChI is InChI=1S/C15H12ClFO3S/c16-12-4-3-11(14(17)8-12)9-21(20)13-5-1-10(2-6-13)7-15(18)19/h1-6,8H,7,9H2,(H,18,19). The van der Waals surface area contributed by atoms with Gasteiger partial charge in [-0.05, 0) is 29.8 Å². The second kappa shape index (κ2) is 6.83. The van der Waals surface area contributed by atoms with Crippen LogP contribution in [0.2, 0.25) is 5.02 Å². The Morgan fingerprint density at radius 2 is 1.86 bits per heavy atom. The Hall–Kier alpha value is -1.72. The van der Waals surface area contributed by atoms with Crippen molar-refractivity contribution in [2.75, 3.05) is 0 Å². The molecule has 2 rings (SSSR count). The molecule has 0 bridgehead atoms. The quantitative estimate of drug-likeness (QED) is 0.916. The Labute approximate surface area is 128 Å². The van der Waals surface area contributed by atoms with Crippen LogP contribution in [0.4, 0.5) is 4.39 Å². The highest BCUT2D eigenvalue weighted by Crippen LogP contribution is 2.19. The highest BCUT2D eigenvalue weighted by Gasteiger charge is 2.10. The molecule has 0 heterocycles. The molecule has 0 aromatic heterocycles. The predicted molar refractivity (Wildman–Crippen MR) is 79.3 cm³/mol. The third kappa shape index (κ3) is 4.37. The monoisotopic (exact) mass is 326 g/mol. The Kier molecular flexibility index (Phi) is 5.09. The van der Waals surface area contributed by atoms with Gasteiger partial charge in [0.25, 0.3) is 0 Å². The van der Waals surface area contributed by atoms with Crippen molar-refractivity contribution in [3.63, 3.8) is 0 Å². The van der Waals surface area contributed by atoms with Crippen LogP contribution in [0.1, 0.15) is 11.1 Å². The summed E-state index contributed by atoms with van der Waals surface area (Å²) in [5, 5.41) is 8.97. The van der Waals surface area contributed by atoms with Gasteiger partial charge in [-0.15, -0.1) is 0 Å². The van der Waals surface area contributed by atoms with Gasteiger partial charge in [-0.2, -0.15) is 0 Å². The first kappa shape index (κ1) is 15.7. The molecule has 21 heavy (non-hydrogen) atoms. The minimum Gasteiger partial charge on any atom is -0.481 e. The summed E-state index contributed by atoms with van der Waals surface area (Å²) >= 11 is 5.67. The third-order valence-corrected chi connectivity index (χ3v) is 4.45. The Morgan fingerprint density at radius 3 is 2.43 bits per heavy atom. The topological polar surface area (TPSA) is 54.4 Å². The molecule has 0 saturated carbocycles. The zero-order valence-electron chi connectivity index (χ0n) is 10.9. The van der Waals surface area contributed by atoms with Crippen molar-refractivity contribution in [2.45, 2.75) is 17.1 Å². The molecule has 2 aromatic rings. The van der Waals surface area contributed by atoms with Crippen LogP contribution in [-0.2, 0) is 27.8 Å². The summed E-state index contributed by atoms with van der Waals surface area (Å²) in [7, 11) is -1.40. The lowest BCUT2D eigenvalue weighted by atomic mass is 10.2. The lowest BCUT2D eigenvalue weighted by Gasteiger charge is -2.05. The van der Waals surface area contributed by atoms with Crippen molar-refractivity contribution in [3.05, 3.63) is 64.4 Å². The summed E-state index contributed by atoms with van der Waals surface area (Å²) in [4.78, 5) is 11.1. The number of hydrogen-bond donors (Lipinski definition) is 1. The molecule has 0 amide bonds. The fraction of sp³-hybridized carbons (Fsp3) is 0.133. The van der Waals surface area contributed by atoms with Gasteiger partial charge in [-0.3, -0.25) is 9.00 Å². The van der Waals surface area contributed by atoms with Crippen LogP contribution < -0.4 is 0 Å². The predicted octanol–water partition coefficient (Wildman–Crippen LogP) is 3.41. The molecule has 0 spiro atoms. The van der Waals surface area contributed by atoms with E-state index in [4.69, 9.17) is 16.7 Å². The van der Waals surface area contributed by atoms with Gasteiger partial charge >= 0.3 is 5.97 Å². The van der Waals surface area contributed by atoms with E-state index in [0.717, 1.165) is 0 Å². The van der Waals surface area contributed by atoms with Gasteiger partial charge < -0.3 is 5.11 Å². The van der Waals surface area contributed by atoms with Crippen LogP contribution in [0.25, 0.3) is 0 Å². The first-order valence-electron chi connectivity index (χ1n) is 6.09. The summed E-state index contributed by atoms with van der Waals surface area (Å²) in [5.74, 6) is -1.37. The smallest absolute Gasteiger partial charge is 0.307 e.